The zero-order valence-electron chi connectivity index (χ0n) is 11.9. The van der Waals surface area contributed by atoms with Crippen LogP contribution in [-0.2, 0) is 12.0 Å². The summed E-state index contributed by atoms with van der Waals surface area (Å²) in [6, 6.07) is 0. The van der Waals surface area contributed by atoms with Gasteiger partial charge in [-0.3, -0.25) is 0 Å². The second-order valence-electron chi connectivity index (χ2n) is 6.23. The molecule has 0 aliphatic rings. The predicted octanol–water partition coefficient (Wildman–Crippen LogP) is 2.89. The SMILES string of the molecule is CCNC(C)(C)c1nc(CCC(C)(C)C)no1. The van der Waals surface area contributed by atoms with Crippen LogP contribution in [0.3, 0.4) is 0 Å². The van der Waals surface area contributed by atoms with Crippen LogP contribution in [0.15, 0.2) is 4.52 Å². The van der Waals surface area contributed by atoms with E-state index < -0.39 is 0 Å². The smallest absolute Gasteiger partial charge is 0.246 e. The van der Waals surface area contributed by atoms with Crippen molar-refractivity contribution in [1.82, 2.24) is 15.5 Å². The van der Waals surface area contributed by atoms with Crippen LogP contribution in [0.4, 0.5) is 0 Å². The van der Waals surface area contributed by atoms with Gasteiger partial charge in [-0.05, 0) is 32.2 Å². The molecule has 0 fully saturated rings. The molecule has 0 saturated heterocycles. The standard InChI is InChI=1S/C13H25N3O/c1-7-14-13(5,6)11-15-10(16-17-11)8-9-12(2,3)4/h14H,7-9H2,1-6H3. The fraction of sp³-hybridized carbons (Fsp3) is 0.846. The Hall–Kier alpha value is -0.900. The average Bonchev–Trinajstić information content (AvgIpc) is 2.62. The molecule has 4 heteroatoms. The maximum Gasteiger partial charge on any atom is 0.246 e. The van der Waals surface area contributed by atoms with E-state index in [0.29, 0.717) is 11.3 Å². The predicted molar refractivity (Wildman–Crippen MR) is 68.8 cm³/mol. The van der Waals surface area contributed by atoms with Crippen molar-refractivity contribution in [3.8, 4) is 0 Å². The van der Waals surface area contributed by atoms with Gasteiger partial charge in [-0.1, -0.05) is 32.9 Å². The van der Waals surface area contributed by atoms with Gasteiger partial charge in [0.2, 0.25) is 5.89 Å². The monoisotopic (exact) mass is 239 g/mol. The number of rotatable bonds is 5. The molecule has 1 N–H and O–H groups in total. The van der Waals surface area contributed by atoms with Crippen LogP contribution in [-0.4, -0.2) is 16.7 Å². The third-order valence-electron chi connectivity index (χ3n) is 2.72. The summed E-state index contributed by atoms with van der Waals surface area (Å²) in [5.41, 5.74) is 0.0553. The highest BCUT2D eigenvalue weighted by molar-refractivity contribution is 4.99. The van der Waals surface area contributed by atoms with Crippen LogP contribution in [0.1, 0.15) is 59.7 Å². The quantitative estimate of drug-likeness (QED) is 0.858. The molecule has 1 heterocycles. The van der Waals surface area contributed by atoms with Crippen molar-refractivity contribution in [3.05, 3.63) is 11.7 Å². The van der Waals surface area contributed by atoms with Crippen LogP contribution in [0.5, 0.6) is 0 Å². The lowest BCUT2D eigenvalue weighted by Crippen LogP contribution is -2.36. The van der Waals surface area contributed by atoms with Crippen molar-refractivity contribution < 1.29 is 4.52 Å². The molecule has 0 aromatic carbocycles. The number of hydrogen-bond donors (Lipinski definition) is 1. The topological polar surface area (TPSA) is 51.0 Å². The first-order valence-corrected chi connectivity index (χ1v) is 6.33. The molecule has 0 saturated carbocycles. The molecule has 4 nitrogen and oxygen atoms in total. The second kappa shape index (κ2) is 5.17. The number of nitrogens with zero attached hydrogens (tertiary/aromatic N) is 2. The van der Waals surface area contributed by atoms with Crippen molar-refractivity contribution in [1.29, 1.82) is 0 Å². The summed E-state index contributed by atoms with van der Waals surface area (Å²) in [5, 5.41) is 7.37. The maximum atomic E-state index is 5.32. The summed E-state index contributed by atoms with van der Waals surface area (Å²) in [7, 11) is 0. The van der Waals surface area contributed by atoms with Gasteiger partial charge in [0.15, 0.2) is 5.82 Å². The van der Waals surface area contributed by atoms with Crippen molar-refractivity contribution in [2.45, 2.75) is 59.9 Å². The van der Waals surface area contributed by atoms with E-state index in [9.17, 15) is 0 Å². The normalized spacial score (nSPS) is 13.1. The molecule has 0 spiro atoms. The Bertz CT molecular complexity index is 350. The van der Waals surface area contributed by atoms with E-state index in [0.717, 1.165) is 25.2 Å². The maximum absolute atomic E-state index is 5.32. The van der Waals surface area contributed by atoms with Gasteiger partial charge >= 0.3 is 0 Å². The van der Waals surface area contributed by atoms with E-state index in [-0.39, 0.29) is 5.54 Å². The summed E-state index contributed by atoms with van der Waals surface area (Å²) in [5.74, 6) is 1.48. The first-order valence-electron chi connectivity index (χ1n) is 6.33. The summed E-state index contributed by atoms with van der Waals surface area (Å²) in [6.07, 6.45) is 1.93. The minimum absolute atomic E-state index is 0.248. The zero-order chi connectivity index (χ0) is 13.1. The number of hydrogen-bond acceptors (Lipinski definition) is 4. The molecule has 1 rings (SSSR count). The van der Waals surface area contributed by atoms with Crippen LogP contribution >= 0.6 is 0 Å². The minimum atomic E-state index is -0.248. The first-order chi connectivity index (χ1) is 7.74. The van der Waals surface area contributed by atoms with Gasteiger partial charge in [0.05, 0.1) is 5.54 Å². The van der Waals surface area contributed by atoms with Gasteiger partial charge in [-0.15, -0.1) is 0 Å². The minimum Gasteiger partial charge on any atom is -0.337 e. The van der Waals surface area contributed by atoms with Crippen LogP contribution < -0.4 is 5.32 Å². The van der Waals surface area contributed by atoms with E-state index >= 15 is 0 Å². The largest absolute Gasteiger partial charge is 0.337 e. The molecule has 1 aromatic heterocycles. The molecule has 0 aliphatic heterocycles. The van der Waals surface area contributed by atoms with E-state index in [1.165, 1.54) is 0 Å². The molecule has 98 valence electrons. The Morgan fingerprint density at radius 2 is 1.82 bits per heavy atom. The summed E-state index contributed by atoms with van der Waals surface area (Å²) < 4.78 is 5.32. The third kappa shape index (κ3) is 4.46. The first kappa shape index (κ1) is 14.2. The number of aryl methyl sites for hydroxylation is 1. The fourth-order valence-electron chi connectivity index (χ4n) is 1.61. The molecule has 17 heavy (non-hydrogen) atoms. The van der Waals surface area contributed by atoms with Crippen LogP contribution in [0.2, 0.25) is 0 Å². The Morgan fingerprint density at radius 1 is 1.18 bits per heavy atom. The van der Waals surface area contributed by atoms with Crippen molar-refractivity contribution >= 4 is 0 Å². The summed E-state index contributed by atoms with van der Waals surface area (Å²) >= 11 is 0. The van der Waals surface area contributed by atoms with Gasteiger partial charge in [0, 0.05) is 6.42 Å². The molecule has 0 aliphatic carbocycles. The fourth-order valence-corrected chi connectivity index (χ4v) is 1.61. The zero-order valence-corrected chi connectivity index (χ0v) is 11.9. The van der Waals surface area contributed by atoms with E-state index in [1.54, 1.807) is 0 Å². The van der Waals surface area contributed by atoms with Gasteiger partial charge in [0.25, 0.3) is 0 Å². The van der Waals surface area contributed by atoms with E-state index in [4.69, 9.17) is 4.52 Å². The van der Waals surface area contributed by atoms with E-state index in [2.05, 4.69) is 57.0 Å². The second-order valence-corrected chi connectivity index (χ2v) is 6.23. The van der Waals surface area contributed by atoms with Crippen molar-refractivity contribution in [2.75, 3.05) is 6.54 Å². The van der Waals surface area contributed by atoms with Crippen LogP contribution in [0.25, 0.3) is 0 Å². The highest BCUT2D eigenvalue weighted by Crippen LogP contribution is 2.22. The summed E-state index contributed by atoms with van der Waals surface area (Å²) in [4.78, 5) is 4.46. The van der Waals surface area contributed by atoms with Gasteiger partial charge in [-0.2, -0.15) is 4.98 Å². The highest BCUT2D eigenvalue weighted by atomic mass is 16.5. The van der Waals surface area contributed by atoms with Gasteiger partial charge in [0.1, 0.15) is 0 Å². The van der Waals surface area contributed by atoms with Gasteiger partial charge < -0.3 is 9.84 Å². The molecular weight excluding hydrogens is 214 g/mol. The lowest BCUT2D eigenvalue weighted by atomic mass is 9.90. The average molecular weight is 239 g/mol. The Kier molecular flexibility index (Phi) is 4.31. The molecule has 0 unspecified atom stereocenters. The lowest BCUT2D eigenvalue weighted by molar-refractivity contribution is 0.270. The number of nitrogens with one attached hydrogen (secondary N) is 1. The van der Waals surface area contributed by atoms with Crippen LogP contribution in [0, 0.1) is 5.41 Å². The van der Waals surface area contributed by atoms with Crippen molar-refractivity contribution in [3.63, 3.8) is 0 Å². The molecule has 0 atom stereocenters. The summed E-state index contributed by atoms with van der Waals surface area (Å²) in [6.45, 7) is 13.7. The lowest BCUT2D eigenvalue weighted by Gasteiger charge is -2.20. The van der Waals surface area contributed by atoms with E-state index in [1.807, 2.05) is 0 Å². The molecule has 0 radical (unpaired) electrons. The molecule has 0 amide bonds. The van der Waals surface area contributed by atoms with Gasteiger partial charge in [-0.25, -0.2) is 0 Å². The Morgan fingerprint density at radius 3 is 2.35 bits per heavy atom. The molecule has 0 bridgehead atoms. The Balaban J connectivity index is 2.65. The molecule has 1 aromatic rings. The number of aromatic nitrogens is 2. The third-order valence-corrected chi connectivity index (χ3v) is 2.72. The van der Waals surface area contributed by atoms with Crippen molar-refractivity contribution in [2.24, 2.45) is 5.41 Å². The Labute approximate surface area is 104 Å². The molecular formula is C13H25N3O. The highest BCUT2D eigenvalue weighted by Gasteiger charge is 2.26.